The molecular formula is C18H14N2O3S. The second-order valence-corrected chi connectivity index (χ2v) is 7.34. The van der Waals surface area contributed by atoms with E-state index < -0.39 is 15.1 Å². The van der Waals surface area contributed by atoms with Gasteiger partial charge in [-0.25, -0.2) is 13.4 Å². The molecule has 3 rings (SSSR count). The summed E-state index contributed by atoms with van der Waals surface area (Å²) in [6, 6.07) is 17.3. The molecule has 5 nitrogen and oxygen atoms in total. The van der Waals surface area contributed by atoms with Gasteiger partial charge in [0.05, 0.1) is 11.0 Å². The van der Waals surface area contributed by atoms with Crippen LogP contribution in [0.5, 0.6) is 0 Å². The van der Waals surface area contributed by atoms with Crippen molar-refractivity contribution in [3.8, 4) is 17.3 Å². The van der Waals surface area contributed by atoms with Crippen LogP contribution in [0.3, 0.4) is 0 Å². The Morgan fingerprint density at radius 1 is 1.08 bits per heavy atom. The summed E-state index contributed by atoms with van der Waals surface area (Å²) < 4.78 is 30.7. The van der Waals surface area contributed by atoms with Gasteiger partial charge in [0, 0.05) is 5.56 Å². The molecule has 0 saturated heterocycles. The lowest BCUT2D eigenvalue weighted by atomic mass is 10.2. The molecule has 1 unspecified atom stereocenters. The standard InChI is InChI=1S/C18H14N2O3S/c1-13-7-9-15(10-8-13)24(21,22)17(11-19)18-20-16(12-23-18)14-5-3-2-4-6-14/h2-10,12,17H,1H3. The molecule has 3 aromatic rings. The van der Waals surface area contributed by atoms with E-state index in [1.807, 2.05) is 37.3 Å². The fourth-order valence-corrected chi connectivity index (χ4v) is 3.57. The number of aryl methyl sites for hydroxylation is 1. The van der Waals surface area contributed by atoms with Gasteiger partial charge < -0.3 is 4.42 Å². The summed E-state index contributed by atoms with van der Waals surface area (Å²) in [5.41, 5.74) is 2.21. The summed E-state index contributed by atoms with van der Waals surface area (Å²) in [6.07, 6.45) is 1.36. The molecule has 1 aromatic heterocycles. The monoisotopic (exact) mass is 338 g/mol. The molecule has 1 heterocycles. The van der Waals surface area contributed by atoms with Gasteiger partial charge in [-0.1, -0.05) is 48.0 Å². The SMILES string of the molecule is Cc1ccc(S(=O)(=O)C(C#N)c2nc(-c3ccccc3)co2)cc1. The molecule has 24 heavy (non-hydrogen) atoms. The summed E-state index contributed by atoms with van der Waals surface area (Å²) in [5, 5.41) is 7.89. The number of nitrogens with zero attached hydrogens (tertiary/aromatic N) is 2. The molecule has 120 valence electrons. The molecule has 1 atom stereocenters. The molecular weight excluding hydrogens is 324 g/mol. The van der Waals surface area contributed by atoms with Crippen LogP contribution in [0.25, 0.3) is 11.3 Å². The van der Waals surface area contributed by atoms with Gasteiger partial charge in [-0.3, -0.25) is 0 Å². The molecule has 0 aliphatic carbocycles. The number of benzene rings is 2. The maximum absolute atomic E-state index is 12.7. The Bertz CT molecular complexity index is 985. The van der Waals surface area contributed by atoms with Crippen molar-refractivity contribution in [2.45, 2.75) is 17.1 Å². The summed E-state index contributed by atoms with van der Waals surface area (Å²) in [6.45, 7) is 1.86. The van der Waals surface area contributed by atoms with E-state index in [2.05, 4.69) is 4.98 Å². The van der Waals surface area contributed by atoms with Gasteiger partial charge in [0.1, 0.15) is 12.0 Å². The Balaban J connectivity index is 1.99. The van der Waals surface area contributed by atoms with Crippen LogP contribution in [-0.2, 0) is 9.84 Å². The van der Waals surface area contributed by atoms with Crippen LogP contribution >= 0.6 is 0 Å². The first-order chi connectivity index (χ1) is 11.5. The highest BCUT2D eigenvalue weighted by Gasteiger charge is 2.33. The summed E-state index contributed by atoms with van der Waals surface area (Å²) in [7, 11) is -3.91. The zero-order valence-corrected chi connectivity index (χ0v) is 13.7. The predicted octanol–water partition coefficient (Wildman–Crippen LogP) is 3.69. The van der Waals surface area contributed by atoms with E-state index in [-0.39, 0.29) is 10.8 Å². The van der Waals surface area contributed by atoms with Crippen molar-refractivity contribution in [1.29, 1.82) is 5.26 Å². The molecule has 2 aromatic carbocycles. The largest absolute Gasteiger partial charge is 0.446 e. The zero-order valence-electron chi connectivity index (χ0n) is 12.9. The molecule has 0 N–H and O–H groups in total. The molecule has 0 aliphatic heterocycles. The van der Waals surface area contributed by atoms with Crippen LogP contribution < -0.4 is 0 Å². The van der Waals surface area contributed by atoms with Crippen molar-refractivity contribution >= 4 is 9.84 Å². The van der Waals surface area contributed by atoms with Crippen molar-refractivity contribution in [3.63, 3.8) is 0 Å². The van der Waals surface area contributed by atoms with E-state index in [1.54, 1.807) is 18.2 Å². The molecule has 0 saturated carbocycles. The predicted molar refractivity (Wildman–Crippen MR) is 88.7 cm³/mol. The van der Waals surface area contributed by atoms with Crippen LogP contribution in [0, 0.1) is 18.3 Å². The molecule has 0 bridgehead atoms. The average Bonchev–Trinajstić information content (AvgIpc) is 3.06. The lowest BCUT2D eigenvalue weighted by molar-refractivity contribution is 0.497. The molecule has 0 radical (unpaired) electrons. The topological polar surface area (TPSA) is 84.0 Å². The van der Waals surface area contributed by atoms with E-state index in [4.69, 9.17) is 4.42 Å². The second kappa shape index (κ2) is 6.30. The quantitative estimate of drug-likeness (QED) is 0.724. The fraction of sp³-hybridized carbons (Fsp3) is 0.111. The Morgan fingerprint density at radius 3 is 2.38 bits per heavy atom. The molecule has 0 amide bonds. The Morgan fingerprint density at radius 2 is 1.75 bits per heavy atom. The van der Waals surface area contributed by atoms with E-state index in [0.29, 0.717) is 5.69 Å². The first-order valence-electron chi connectivity index (χ1n) is 7.23. The summed E-state index contributed by atoms with van der Waals surface area (Å²) >= 11 is 0. The highest BCUT2D eigenvalue weighted by molar-refractivity contribution is 7.92. The van der Waals surface area contributed by atoms with E-state index in [1.165, 1.54) is 18.4 Å². The van der Waals surface area contributed by atoms with Crippen LogP contribution in [0.1, 0.15) is 16.7 Å². The van der Waals surface area contributed by atoms with Crippen molar-refractivity contribution in [1.82, 2.24) is 4.98 Å². The lowest BCUT2D eigenvalue weighted by Crippen LogP contribution is -2.12. The Kier molecular flexibility index (Phi) is 4.19. The minimum Gasteiger partial charge on any atom is -0.446 e. The first kappa shape index (κ1) is 16.0. The van der Waals surface area contributed by atoms with Crippen molar-refractivity contribution in [3.05, 3.63) is 72.3 Å². The van der Waals surface area contributed by atoms with Crippen molar-refractivity contribution in [2.24, 2.45) is 0 Å². The van der Waals surface area contributed by atoms with Gasteiger partial charge in [0.25, 0.3) is 0 Å². The number of hydrogen-bond acceptors (Lipinski definition) is 5. The maximum atomic E-state index is 12.7. The number of sulfone groups is 1. The summed E-state index contributed by atoms with van der Waals surface area (Å²) in [4.78, 5) is 4.26. The maximum Gasteiger partial charge on any atom is 0.227 e. The third-order valence-electron chi connectivity index (χ3n) is 3.59. The lowest BCUT2D eigenvalue weighted by Gasteiger charge is -2.07. The van der Waals surface area contributed by atoms with Crippen LogP contribution in [0.15, 0.2) is 70.2 Å². The van der Waals surface area contributed by atoms with Gasteiger partial charge in [-0.15, -0.1) is 0 Å². The minimum absolute atomic E-state index is 0.0686. The third kappa shape index (κ3) is 2.94. The van der Waals surface area contributed by atoms with E-state index in [9.17, 15) is 13.7 Å². The number of rotatable bonds is 4. The van der Waals surface area contributed by atoms with Crippen molar-refractivity contribution < 1.29 is 12.8 Å². The van der Waals surface area contributed by atoms with E-state index in [0.717, 1.165) is 11.1 Å². The fourth-order valence-electron chi connectivity index (χ4n) is 2.27. The smallest absolute Gasteiger partial charge is 0.227 e. The van der Waals surface area contributed by atoms with Gasteiger partial charge in [0.2, 0.25) is 21.0 Å². The van der Waals surface area contributed by atoms with Gasteiger partial charge in [0.15, 0.2) is 0 Å². The Labute approximate surface area is 140 Å². The van der Waals surface area contributed by atoms with Gasteiger partial charge in [-0.2, -0.15) is 5.26 Å². The highest BCUT2D eigenvalue weighted by atomic mass is 32.2. The molecule has 0 aliphatic rings. The third-order valence-corrected chi connectivity index (χ3v) is 5.45. The minimum atomic E-state index is -3.91. The van der Waals surface area contributed by atoms with Crippen LogP contribution in [0.4, 0.5) is 0 Å². The Hall–Kier alpha value is -2.91. The van der Waals surface area contributed by atoms with Crippen LogP contribution in [-0.4, -0.2) is 13.4 Å². The average molecular weight is 338 g/mol. The van der Waals surface area contributed by atoms with Crippen LogP contribution in [0.2, 0.25) is 0 Å². The van der Waals surface area contributed by atoms with E-state index >= 15 is 0 Å². The second-order valence-electron chi connectivity index (χ2n) is 5.30. The van der Waals surface area contributed by atoms with Crippen molar-refractivity contribution in [2.75, 3.05) is 0 Å². The zero-order chi connectivity index (χ0) is 17.2. The van der Waals surface area contributed by atoms with Gasteiger partial charge in [-0.05, 0) is 19.1 Å². The normalized spacial score (nSPS) is 12.5. The number of aromatic nitrogens is 1. The molecule has 0 spiro atoms. The number of hydrogen-bond donors (Lipinski definition) is 0. The highest BCUT2D eigenvalue weighted by Crippen LogP contribution is 2.30. The van der Waals surface area contributed by atoms with Gasteiger partial charge >= 0.3 is 0 Å². The summed E-state index contributed by atoms with van der Waals surface area (Å²) in [5.74, 6) is -0.128. The number of nitriles is 1. The number of oxazole rings is 1. The molecule has 0 fully saturated rings. The molecule has 6 heteroatoms. The first-order valence-corrected chi connectivity index (χ1v) is 8.78.